The number of hydrogen-bond acceptors (Lipinski definition) is 4. The van der Waals surface area contributed by atoms with Crippen molar-refractivity contribution in [1.29, 1.82) is 0 Å². The molecule has 0 radical (unpaired) electrons. The number of benzene rings is 3. The van der Waals surface area contributed by atoms with Crippen LogP contribution >= 0.6 is 11.6 Å². The van der Waals surface area contributed by atoms with Crippen molar-refractivity contribution in [2.45, 2.75) is 5.92 Å². The van der Waals surface area contributed by atoms with Crippen molar-refractivity contribution >= 4 is 34.6 Å². The van der Waals surface area contributed by atoms with Gasteiger partial charge in [0.05, 0.1) is 25.6 Å². The van der Waals surface area contributed by atoms with E-state index in [2.05, 4.69) is 5.32 Å². The topological polar surface area (TPSA) is 59.9 Å². The molecule has 1 aliphatic rings. The summed E-state index contributed by atoms with van der Waals surface area (Å²) in [6.45, 7) is 0. The van der Waals surface area contributed by atoms with Crippen molar-refractivity contribution in [3.63, 3.8) is 0 Å². The van der Waals surface area contributed by atoms with E-state index in [1.165, 1.54) is 0 Å². The molecular weight excluding hydrogens is 388 g/mol. The van der Waals surface area contributed by atoms with Crippen molar-refractivity contribution in [2.24, 2.45) is 4.99 Å². The first-order valence-corrected chi connectivity index (χ1v) is 9.45. The molecule has 0 saturated heterocycles. The fourth-order valence-electron chi connectivity index (χ4n) is 3.42. The van der Waals surface area contributed by atoms with E-state index in [9.17, 15) is 4.79 Å². The summed E-state index contributed by atoms with van der Waals surface area (Å²) >= 11 is 6.01. The Kier molecular flexibility index (Phi) is 5.23. The van der Waals surface area contributed by atoms with Gasteiger partial charge in [0.25, 0.3) is 0 Å². The molecule has 1 N–H and O–H groups in total. The van der Waals surface area contributed by atoms with Gasteiger partial charge in [-0.25, -0.2) is 0 Å². The van der Waals surface area contributed by atoms with Gasteiger partial charge in [0.15, 0.2) is 11.5 Å². The molecule has 0 spiro atoms. The number of methoxy groups -OCH3 is 2. The third kappa shape index (κ3) is 3.69. The normalized spacial score (nSPS) is 15.6. The molecule has 4 rings (SSSR count). The summed E-state index contributed by atoms with van der Waals surface area (Å²) in [6.07, 6.45) is 0. The Morgan fingerprint density at radius 2 is 1.62 bits per heavy atom. The number of halogens is 1. The van der Waals surface area contributed by atoms with Gasteiger partial charge >= 0.3 is 0 Å². The molecule has 1 unspecified atom stereocenters. The number of ether oxygens (including phenoxy) is 2. The Balaban J connectivity index is 1.88. The Hall–Kier alpha value is -3.31. The molecule has 3 aromatic carbocycles. The molecular formula is C23H19ClN2O3. The second kappa shape index (κ2) is 7.97. The van der Waals surface area contributed by atoms with Gasteiger partial charge in [0.1, 0.15) is 5.92 Å². The number of nitrogens with zero attached hydrogens (tertiary/aromatic N) is 1. The Labute approximate surface area is 174 Å². The molecule has 1 amide bonds. The molecule has 0 bridgehead atoms. The van der Waals surface area contributed by atoms with Gasteiger partial charge < -0.3 is 14.8 Å². The zero-order valence-corrected chi connectivity index (χ0v) is 16.7. The highest BCUT2D eigenvalue weighted by atomic mass is 35.5. The van der Waals surface area contributed by atoms with Gasteiger partial charge in [-0.2, -0.15) is 0 Å². The lowest BCUT2D eigenvalue weighted by atomic mass is 9.90. The molecule has 146 valence electrons. The fraction of sp³-hybridized carbons (Fsp3) is 0.130. The number of carbonyl (C=O) groups excluding carboxylic acids is 1. The van der Waals surface area contributed by atoms with Crippen LogP contribution in [-0.4, -0.2) is 25.8 Å². The zero-order chi connectivity index (χ0) is 20.4. The molecule has 0 aliphatic carbocycles. The van der Waals surface area contributed by atoms with Crippen LogP contribution in [0.25, 0.3) is 0 Å². The van der Waals surface area contributed by atoms with Gasteiger partial charge in [0.2, 0.25) is 5.91 Å². The highest BCUT2D eigenvalue weighted by molar-refractivity contribution is 6.30. The van der Waals surface area contributed by atoms with Crippen LogP contribution < -0.4 is 14.8 Å². The summed E-state index contributed by atoms with van der Waals surface area (Å²) in [7, 11) is 3.14. The van der Waals surface area contributed by atoms with Crippen molar-refractivity contribution in [1.82, 2.24) is 0 Å². The first-order valence-electron chi connectivity index (χ1n) is 9.07. The van der Waals surface area contributed by atoms with Crippen LogP contribution in [0.2, 0.25) is 5.02 Å². The second-order valence-corrected chi connectivity index (χ2v) is 6.99. The summed E-state index contributed by atoms with van der Waals surface area (Å²) in [5, 5.41) is 3.57. The zero-order valence-electron chi connectivity index (χ0n) is 16.0. The predicted octanol–water partition coefficient (Wildman–Crippen LogP) is 5.21. The van der Waals surface area contributed by atoms with E-state index < -0.39 is 5.92 Å². The highest BCUT2D eigenvalue weighted by Gasteiger charge is 2.36. The highest BCUT2D eigenvalue weighted by Crippen LogP contribution is 2.42. The van der Waals surface area contributed by atoms with E-state index in [-0.39, 0.29) is 5.91 Å². The van der Waals surface area contributed by atoms with E-state index in [1.54, 1.807) is 32.4 Å². The maximum Gasteiger partial charge on any atom is 0.238 e. The average Bonchev–Trinajstić information content (AvgIpc) is 3.07. The number of rotatable bonds is 5. The molecule has 0 saturated carbocycles. The van der Waals surface area contributed by atoms with E-state index in [4.69, 9.17) is 26.1 Å². The van der Waals surface area contributed by atoms with Crippen LogP contribution in [0.5, 0.6) is 11.5 Å². The van der Waals surface area contributed by atoms with Crippen LogP contribution in [0.15, 0.2) is 71.7 Å². The monoisotopic (exact) mass is 406 g/mol. The Morgan fingerprint density at radius 3 is 2.28 bits per heavy atom. The minimum atomic E-state index is -0.581. The molecule has 6 heteroatoms. The SMILES string of the molecule is COc1cc2c(cc1OC)C(C(=Nc1ccc(Cl)cc1)c1ccccc1)C(=O)N2. The molecule has 5 nitrogen and oxygen atoms in total. The molecule has 29 heavy (non-hydrogen) atoms. The predicted molar refractivity (Wildman–Crippen MR) is 115 cm³/mol. The largest absolute Gasteiger partial charge is 0.493 e. The number of amides is 1. The van der Waals surface area contributed by atoms with Crippen LogP contribution in [0.1, 0.15) is 17.0 Å². The van der Waals surface area contributed by atoms with Crippen molar-refractivity contribution in [3.05, 3.63) is 82.9 Å². The minimum absolute atomic E-state index is 0.146. The van der Waals surface area contributed by atoms with Gasteiger partial charge in [-0.3, -0.25) is 9.79 Å². The Bertz CT molecular complexity index is 1080. The van der Waals surface area contributed by atoms with Crippen LogP contribution in [0, 0.1) is 0 Å². The smallest absolute Gasteiger partial charge is 0.238 e. The number of carbonyl (C=O) groups is 1. The van der Waals surface area contributed by atoms with Crippen LogP contribution in [0.3, 0.4) is 0 Å². The lowest BCUT2D eigenvalue weighted by Gasteiger charge is -2.15. The van der Waals surface area contributed by atoms with E-state index in [1.807, 2.05) is 48.5 Å². The van der Waals surface area contributed by atoms with Crippen LogP contribution in [0.4, 0.5) is 11.4 Å². The lowest BCUT2D eigenvalue weighted by molar-refractivity contribution is -0.115. The Morgan fingerprint density at radius 1 is 0.966 bits per heavy atom. The molecule has 0 fully saturated rings. The molecule has 1 aliphatic heterocycles. The van der Waals surface area contributed by atoms with E-state index in [0.29, 0.717) is 27.9 Å². The quantitative estimate of drug-likeness (QED) is 0.591. The number of aliphatic imine (C=N–C) groups is 1. The molecule has 3 aromatic rings. The summed E-state index contributed by atoms with van der Waals surface area (Å²) in [6, 6.07) is 20.5. The van der Waals surface area contributed by atoms with Gasteiger partial charge in [-0.15, -0.1) is 0 Å². The molecule has 1 atom stereocenters. The summed E-state index contributed by atoms with van der Waals surface area (Å²) in [4.78, 5) is 17.8. The fourth-order valence-corrected chi connectivity index (χ4v) is 3.54. The first kappa shape index (κ1) is 19.0. The summed E-state index contributed by atoms with van der Waals surface area (Å²) in [5.74, 6) is 0.393. The molecule has 0 aromatic heterocycles. The first-order chi connectivity index (χ1) is 14.1. The second-order valence-electron chi connectivity index (χ2n) is 6.56. The van der Waals surface area contributed by atoms with Gasteiger partial charge in [-0.1, -0.05) is 41.9 Å². The maximum absolute atomic E-state index is 13.0. The lowest BCUT2D eigenvalue weighted by Crippen LogP contribution is -2.22. The minimum Gasteiger partial charge on any atom is -0.493 e. The summed E-state index contributed by atoms with van der Waals surface area (Å²) in [5.41, 5.74) is 3.72. The van der Waals surface area contributed by atoms with E-state index in [0.717, 1.165) is 16.8 Å². The standard InChI is InChI=1S/C23H19ClN2O3/c1-28-19-12-17-18(13-20(19)29-2)26-23(27)21(17)22(14-6-4-3-5-7-14)25-16-10-8-15(24)9-11-16/h3-13,21H,1-2H3,(H,26,27). The van der Waals surface area contributed by atoms with E-state index >= 15 is 0 Å². The average molecular weight is 407 g/mol. The van der Waals surface area contributed by atoms with Crippen molar-refractivity contribution in [2.75, 3.05) is 19.5 Å². The molecule has 1 heterocycles. The number of nitrogens with one attached hydrogen (secondary N) is 1. The third-order valence-electron chi connectivity index (χ3n) is 4.81. The third-order valence-corrected chi connectivity index (χ3v) is 5.06. The van der Waals surface area contributed by atoms with Crippen LogP contribution in [-0.2, 0) is 4.79 Å². The summed E-state index contributed by atoms with van der Waals surface area (Å²) < 4.78 is 10.8. The van der Waals surface area contributed by atoms with Crippen molar-refractivity contribution < 1.29 is 14.3 Å². The number of hydrogen-bond donors (Lipinski definition) is 1. The van der Waals surface area contributed by atoms with Crippen molar-refractivity contribution in [3.8, 4) is 11.5 Å². The van der Waals surface area contributed by atoms with Gasteiger partial charge in [0, 0.05) is 16.8 Å². The number of anilines is 1. The number of fused-ring (bicyclic) bond motifs is 1. The maximum atomic E-state index is 13.0. The van der Waals surface area contributed by atoms with Gasteiger partial charge in [-0.05, 0) is 41.5 Å².